The Morgan fingerprint density at radius 1 is 1.00 bits per heavy atom. The van der Waals surface area contributed by atoms with E-state index >= 15 is 0 Å². The van der Waals surface area contributed by atoms with Crippen molar-refractivity contribution >= 4 is 16.4 Å². The second-order valence-electron chi connectivity index (χ2n) is 7.89. The molecule has 148 valence electrons. The summed E-state index contributed by atoms with van der Waals surface area (Å²) in [6.45, 7) is 4.04. The van der Waals surface area contributed by atoms with Gasteiger partial charge in [0, 0.05) is 46.8 Å². The molecule has 6 rings (SSSR count). The second-order valence-corrected chi connectivity index (χ2v) is 7.89. The van der Waals surface area contributed by atoms with Gasteiger partial charge < -0.3 is 4.57 Å². The number of aromatic nitrogens is 6. The molecule has 7 heteroatoms. The summed E-state index contributed by atoms with van der Waals surface area (Å²) in [6, 6.07) is 10.9. The normalized spacial score (nSPS) is 14.1. The Morgan fingerprint density at radius 3 is 2.57 bits per heavy atom. The van der Waals surface area contributed by atoms with Crippen LogP contribution >= 0.6 is 0 Å². The molecule has 1 aromatic carbocycles. The minimum absolute atomic E-state index is 0.264. The van der Waals surface area contributed by atoms with Crippen molar-refractivity contribution < 1.29 is 0 Å². The average molecular weight is 396 g/mol. The number of hydrogen-bond acceptors (Lipinski definition) is 4. The molecule has 0 bridgehead atoms. The summed E-state index contributed by atoms with van der Waals surface area (Å²) in [5, 5.41) is 5.55. The van der Waals surface area contributed by atoms with Crippen LogP contribution in [0.5, 0.6) is 0 Å². The van der Waals surface area contributed by atoms with E-state index in [1.54, 1.807) is 29.1 Å². The van der Waals surface area contributed by atoms with E-state index in [-0.39, 0.29) is 11.6 Å². The Balaban J connectivity index is 1.63. The number of aryl methyl sites for hydroxylation is 2. The van der Waals surface area contributed by atoms with Gasteiger partial charge in [-0.2, -0.15) is 5.10 Å². The van der Waals surface area contributed by atoms with E-state index in [0.717, 1.165) is 27.9 Å². The first-order valence-corrected chi connectivity index (χ1v) is 10.1. The van der Waals surface area contributed by atoms with Crippen LogP contribution in [0.25, 0.3) is 33.5 Å². The van der Waals surface area contributed by atoms with Crippen LogP contribution in [0.2, 0.25) is 0 Å². The van der Waals surface area contributed by atoms with E-state index in [1.807, 2.05) is 6.92 Å². The zero-order valence-corrected chi connectivity index (χ0v) is 16.8. The van der Waals surface area contributed by atoms with Gasteiger partial charge in [0.2, 0.25) is 0 Å². The fraction of sp³-hybridized carbons (Fsp3) is 0.217. The lowest BCUT2D eigenvalue weighted by molar-refractivity contribution is 0.703. The highest BCUT2D eigenvalue weighted by molar-refractivity contribution is 5.98. The van der Waals surface area contributed by atoms with Crippen LogP contribution in [0.1, 0.15) is 30.1 Å². The van der Waals surface area contributed by atoms with E-state index in [0.29, 0.717) is 6.04 Å². The number of nitrogens with zero attached hydrogens (tertiary/aromatic N) is 6. The van der Waals surface area contributed by atoms with Crippen molar-refractivity contribution in [3.05, 3.63) is 76.9 Å². The summed E-state index contributed by atoms with van der Waals surface area (Å²) >= 11 is 0. The first kappa shape index (κ1) is 17.1. The van der Waals surface area contributed by atoms with E-state index in [4.69, 9.17) is 0 Å². The first-order valence-electron chi connectivity index (χ1n) is 10.1. The van der Waals surface area contributed by atoms with Gasteiger partial charge in [-0.1, -0.05) is 12.1 Å². The molecule has 7 nitrogen and oxygen atoms in total. The van der Waals surface area contributed by atoms with Crippen LogP contribution in [0.3, 0.4) is 0 Å². The zero-order valence-electron chi connectivity index (χ0n) is 16.8. The van der Waals surface area contributed by atoms with Gasteiger partial charge in [-0.05, 0) is 56.0 Å². The van der Waals surface area contributed by atoms with Crippen molar-refractivity contribution in [3.63, 3.8) is 0 Å². The van der Waals surface area contributed by atoms with Crippen LogP contribution < -0.4 is 5.69 Å². The predicted octanol–water partition coefficient (Wildman–Crippen LogP) is 3.85. The van der Waals surface area contributed by atoms with Crippen LogP contribution in [0, 0.1) is 13.8 Å². The molecule has 0 N–H and O–H groups in total. The standard InChI is InChI=1S/C23H20N6O/c1-14-20-13-26-29(22-24-10-4-11-25-22)23(30)28(20)15(2)21(14)18-5-3-6-19-17(18)9-12-27(19)16-7-8-16/h3-6,9-13,16H,7-8H2,1-2H3. The molecule has 4 aromatic heterocycles. The van der Waals surface area contributed by atoms with Crippen molar-refractivity contribution in [2.45, 2.75) is 32.7 Å². The second kappa shape index (κ2) is 6.13. The third-order valence-corrected chi connectivity index (χ3v) is 6.08. The SMILES string of the molecule is Cc1c(-c2cccc3c2ccn3C2CC2)c(C)n2c(=O)n(-c3ncccn3)ncc12. The van der Waals surface area contributed by atoms with Crippen molar-refractivity contribution in [1.82, 2.24) is 28.7 Å². The molecule has 0 spiro atoms. The smallest absolute Gasteiger partial charge is 0.344 e. The number of benzene rings is 1. The summed E-state index contributed by atoms with van der Waals surface area (Å²) < 4.78 is 5.33. The molecule has 1 fully saturated rings. The Hall–Kier alpha value is -3.74. The summed E-state index contributed by atoms with van der Waals surface area (Å²) in [5.41, 5.74) is 5.95. The van der Waals surface area contributed by atoms with Crippen LogP contribution in [-0.4, -0.2) is 28.7 Å². The molecule has 1 aliphatic carbocycles. The van der Waals surface area contributed by atoms with E-state index in [1.165, 1.54) is 28.4 Å². The van der Waals surface area contributed by atoms with Gasteiger partial charge >= 0.3 is 5.69 Å². The number of hydrogen-bond donors (Lipinski definition) is 0. The topological polar surface area (TPSA) is 70.0 Å². The van der Waals surface area contributed by atoms with E-state index < -0.39 is 0 Å². The highest BCUT2D eigenvalue weighted by Crippen LogP contribution is 2.41. The van der Waals surface area contributed by atoms with E-state index in [9.17, 15) is 4.79 Å². The van der Waals surface area contributed by atoms with Crippen molar-refractivity contribution in [3.8, 4) is 17.1 Å². The largest absolute Gasteiger partial charge is 0.356 e. The quantitative estimate of drug-likeness (QED) is 0.464. The van der Waals surface area contributed by atoms with Gasteiger partial charge in [0.1, 0.15) is 0 Å². The maximum atomic E-state index is 13.3. The summed E-state index contributed by atoms with van der Waals surface area (Å²) in [6.07, 6.45) is 9.60. The highest BCUT2D eigenvalue weighted by Gasteiger charge is 2.26. The van der Waals surface area contributed by atoms with E-state index in [2.05, 4.69) is 57.0 Å². The molecular weight excluding hydrogens is 376 g/mol. The van der Waals surface area contributed by atoms with Crippen molar-refractivity contribution in [2.24, 2.45) is 0 Å². The summed E-state index contributed by atoms with van der Waals surface area (Å²) in [4.78, 5) is 21.6. The summed E-state index contributed by atoms with van der Waals surface area (Å²) in [7, 11) is 0. The fourth-order valence-corrected chi connectivity index (χ4v) is 4.53. The molecule has 0 aliphatic heterocycles. The fourth-order valence-electron chi connectivity index (χ4n) is 4.53. The first-order chi connectivity index (χ1) is 14.6. The predicted molar refractivity (Wildman–Crippen MR) is 115 cm³/mol. The maximum Gasteiger partial charge on any atom is 0.356 e. The average Bonchev–Trinajstić information content (AvgIpc) is 3.46. The molecule has 0 atom stereocenters. The zero-order chi connectivity index (χ0) is 20.4. The van der Waals surface area contributed by atoms with Gasteiger partial charge in [-0.25, -0.2) is 14.8 Å². The number of fused-ring (bicyclic) bond motifs is 2. The van der Waals surface area contributed by atoms with Crippen LogP contribution in [0.4, 0.5) is 0 Å². The third-order valence-electron chi connectivity index (χ3n) is 6.08. The molecule has 4 heterocycles. The lowest BCUT2D eigenvalue weighted by atomic mass is 9.98. The molecule has 0 amide bonds. The van der Waals surface area contributed by atoms with Crippen LogP contribution in [-0.2, 0) is 0 Å². The molecule has 0 saturated heterocycles. The molecule has 0 radical (unpaired) electrons. The minimum atomic E-state index is -0.270. The maximum absolute atomic E-state index is 13.3. The number of rotatable bonds is 3. The Morgan fingerprint density at radius 2 is 1.80 bits per heavy atom. The Bertz CT molecular complexity index is 1490. The van der Waals surface area contributed by atoms with Crippen LogP contribution in [0.15, 0.2) is 59.9 Å². The Kier molecular flexibility index (Phi) is 3.50. The molecule has 5 aromatic rings. The Labute approximate surface area is 172 Å². The minimum Gasteiger partial charge on any atom is -0.344 e. The third kappa shape index (κ3) is 2.32. The van der Waals surface area contributed by atoms with Crippen molar-refractivity contribution in [1.29, 1.82) is 0 Å². The van der Waals surface area contributed by atoms with Gasteiger partial charge in [0.05, 0.1) is 11.7 Å². The molecule has 30 heavy (non-hydrogen) atoms. The molecule has 1 aliphatic rings. The summed E-state index contributed by atoms with van der Waals surface area (Å²) in [5.74, 6) is 0.264. The highest BCUT2D eigenvalue weighted by atomic mass is 16.2. The monoisotopic (exact) mass is 396 g/mol. The van der Waals surface area contributed by atoms with Gasteiger partial charge in [0.25, 0.3) is 5.95 Å². The lowest BCUT2D eigenvalue weighted by Crippen LogP contribution is -2.29. The molecule has 0 unspecified atom stereocenters. The van der Waals surface area contributed by atoms with Gasteiger partial charge in [-0.15, -0.1) is 4.68 Å². The molecule has 1 saturated carbocycles. The van der Waals surface area contributed by atoms with Gasteiger partial charge in [0.15, 0.2) is 0 Å². The van der Waals surface area contributed by atoms with Gasteiger partial charge in [-0.3, -0.25) is 4.40 Å². The van der Waals surface area contributed by atoms with Crippen molar-refractivity contribution in [2.75, 3.05) is 0 Å². The lowest BCUT2D eigenvalue weighted by Gasteiger charge is -2.08. The molecular formula is C23H20N6O.